The fourth-order valence-electron chi connectivity index (χ4n) is 6.04. The van der Waals surface area contributed by atoms with Crippen LogP contribution in [0.4, 0.5) is 23.1 Å². The van der Waals surface area contributed by atoms with Gasteiger partial charge in [0.2, 0.25) is 11.9 Å². The number of anilines is 4. The second kappa shape index (κ2) is 18.2. The van der Waals surface area contributed by atoms with Crippen molar-refractivity contribution in [2.24, 2.45) is 0 Å². The molecule has 1 saturated heterocycles. The summed E-state index contributed by atoms with van der Waals surface area (Å²) in [7, 11) is -3.53. The smallest absolute Gasteiger partial charge is 0.258 e. The number of rotatable bonds is 16. The molecule has 2 aliphatic heterocycles. The lowest BCUT2D eigenvalue weighted by Crippen LogP contribution is -2.43. The predicted octanol–water partition coefficient (Wildman–Crippen LogP) is 4.66. The highest BCUT2D eigenvalue weighted by Gasteiger charge is 2.25. The normalized spacial score (nSPS) is 16.4. The summed E-state index contributed by atoms with van der Waals surface area (Å²) in [5, 5.41) is 9.00. The van der Waals surface area contributed by atoms with Crippen molar-refractivity contribution in [3.05, 3.63) is 59.2 Å². The lowest BCUT2D eigenvalue weighted by atomic mass is 10.0. The predicted molar refractivity (Wildman–Crippen MR) is 199 cm³/mol. The van der Waals surface area contributed by atoms with Crippen LogP contribution < -0.4 is 25.6 Å². The van der Waals surface area contributed by atoms with Gasteiger partial charge in [-0.05, 0) is 82.0 Å². The number of nitrogens with zero attached hydrogens (tertiary/aromatic N) is 4. The minimum absolute atomic E-state index is 0.0615. The number of aromatic nitrogens is 2. The molecule has 5 rings (SSSR count). The van der Waals surface area contributed by atoms with E-state index in [-0.39, 0.29) is 40.3 Å². The van der Waals surface area contributed by atoms with Crippen LogP contribution in [0.3, 0.4) is 0 Å². The number of alkyl halides is 1. The average Bonchev–Trinajstić information content (AvgIpc) is 3.13. The third kappa shape index (κ3) is 10.4. The number of amides is 2. The first-order valence-electron chi connectivity index (χ1n) is 17.1. The standard InChI is InChI=1S/C35H45Cl2N7O6S/c1-24(2)51(47,48)31-10-4-3-9-29(31)41-34-28(37)21-39-35(42-34)40-26-8-6-14-43(22-26)16-18-49-17-13-38-32(45)23-50-27-11-12-30-25(19-27)7-5-15-44(30)33(46)20-36/h3-4,9-12,19,21,24,26H,5-8,13-18,20,22-23H2,1-2H3,(H,38,45)(H2,39,40,41,42)/t26-/m1/s1. The van der Waals surface area contributed by atoms with Crippen LogP contribution in [0.15, 0.2) is 53.6 Å². The molecular formula is C35H45Cl2N7O6S. The maximum Gasteiger partial charge on any atom is 0.258 e. The Labute approximate surface area is 309 Å². The molecule has 13 nitrogen and oxygen atoms in total. The molecule has 51 heavy (non-hydrogen) atoms. The summed E-state index contributed by atoms with van der Waals surface area (Å²) < 4.78 is 37.3. The number of sulfone groups is 1. The van der Waals surface area contributed by atoms with Crippen molar-refractivity contribution in [2.45, 2.75) is 55.7 Å². The fourth-order valence-corrected chi connectivity index (χ4v) is 7.52. The topological polar surface area (TPSA) is 155 Å². The Hall–Kier alpha value is -3.69. The Morgan fingerprint density at radius 1 is 1.10 bits per heavy atom. The molecule has 0 saturated carbocycles. The van der Waals surface area contributed by atoms with E-state index >= 15 is 0 Å². The first-order chi connectivity index (χ1) is 24.5. The summed E-state index contributed by atoms with van der Waals surface area (Å²) in [6.07, 6.45) is 5.10. The number of hydrogen-bond donors (Lipinski definition) is 3. The number of benzene rings is 2. The van der Waals surface area contributed by atoms with Crippen molar-refractivity contribution in [3.63, 3.8) is 0 Å². The van der Waals surface area contributed by atoms with E-state index in [1.54, 1.807) is 49.1 Å². The molecule has 1 atom stereocenters. The molecule has 0 bridgehead atoms. The fraction of sp³-hybridized carbons (Fsp3) is 0.486. The molecule has 2 aliphatic rings. The average molecular weight is 763 g/mol. The number of nitrogens with one attached hydrogen (secondary N) is 3. The lowest BCUT2D eigenvalue weighted by Gasteiger charge is -2.33. The summed E-state index contributed by atoms with van der Waals surface area (Å²) in [6, 6.07) is 12.3. The van der Waals surface area contributed by atoms with E-state index < -0.39 is 15.1 Å². The van der Waals surface area contributed by atoms with Crippen LogP contribution in [0.5, 0.6) is 5.75 Å². The molecule has 3 N–H and O–H groups in total. The molecule has 0 aliphatic carbocycles. The zero-order valence-electron chi connectivity index (χ0n) is 28.9. The molecule has 0 spiro atoms. The molecule has 16 heteroatoms. The number of carbonyl (C=O) groups excluding carboxylic acids is 2. The monoisotopic (exact) mass is 761 g/mol. The van der Waals surface area contributed by atoms with Crippen molar-refractivity contribution in [1.29, 1.82) is 0 Å². The quantitative estimate of drug-likeness (QED) is 0.138. The van der Waals surface area contributed by atoms with Crippen LogP contribution >= 0.6 is 23.2 Å². The highest BCUT2D eigenvalue weighted by atomic mass is 35.5. The number of ether oxygens (including phenoxy) is 2. The van der Waals surface area contributed by atoms with Gasteiger partial charge in [-0.3, -0.25) is 14.5 Å². The Morgan fingerprint density at radius 2 is 1.92 bits per heavy atom. The number of aryl methyl sites for hydroxylation is 1. The summed E-state index contributed by atoms with van der Waals surface area (Å²) in [4.78, 5) is 37.6. The van der Waals surface area contributed by atoms with Gasteiger partial charge in [0.05, 0.1) is 35.2 Å². The van der Waals surface area contributed by atoms with Crippen LogP contribution in [0.25, 0.3) is 0 Å². The van der Waals surface area contributed by atoms with Gasteiger partial charge in [-0.15, -0.1) is 11.6 Å². The van der Waals surface area contributed by atoms with Crippen molar-refractivity contribution in [1.82, 2.24) is 20.2 Å². The lowest BCUT2D eigenvalue weighted by molar-refractivity contribution is -0.123. The first kappa shape index (κ1) is 38.5. The zero-order valence-corrected chi connectivity index (χ0v) is 31.2. The van der Waals surface area contributed by atoms with Crippen LogP contribution in [0, 0.1) is 0 Å². The maximum atomic E-state index is 12.9. The molecule has 2 aromatic carbocycles. The van der Waals surface area contributed by atoms with Crippen LogP contribution in [0.2, 0.25) is 5.02 Å². The Morgan fingerprint density at radius 3 is 2.73 bits per heavy atom. The first-order valence-corrected chi connectivity index (χ1v) is 19.6. The van der Waals surface area contributed by atoms with Crippen molar-refractivity contribution >= 4 is 68.0 Å². The summed E-state index contributed by atoms with van der Waals surface area (Å²) in [5.41, 5.74) is 2.24. The van der Waals surface area contributed by atoms with E-state index in [4.69, 9.17) is 32.7 Å². The number of piperidine rings is 1. The van der Waals surface area contributed by atoms with E-state index in [0.29, 0.717) is 49.5 Å². The molecule has 3 aromatic rings. The molecule has 3 heterocycles. The van der Waals surface area contributed by atoms with Crippen molar-refractivity contribution < 1.29 is 27.5 Å². The number of carbonyl (C=O) groups is 2. The third-order valence-corrected chi connectivity index (χ3v) is 11.4. The van der Waals surface area contributed by atoms with Crippen LogP contribution in [-0.2, 0) is 30.6 Å². The van der Waals surface area contributed by atoms with Crippen LogP contribution in [-0.4, -0.2) is 105 Å². The Kier molecular flexibility index (Phi) is 13.7. The van der Waals surface area contributed by atoms with Crippen LogP contribution in [0.1, 0.15) is 38.7 Å². The number of fused-ring (bicyclic) bond motifs is 1. The molecule has 276 valence electrons. The van der Waals surface area contributed by atoms with Gasteiger partial charge in [-0.2, -0.15) is 4.98 Å². The van der Waals surface area contributed by atoms with Crippen molar-refractivity contribution in [2.75, 3.05) is 74.0 Å². The van der Waals surface area contributed by atoms with E-state index in [0.717, 1.165) is 56.6 Å². The summed E-state index contributed by atoms with van der Waals surface area (Å²) in [5.74, 6) is 0.857. The van der Waals surface area contributed by atoms with E-state index in [9.17, 15) is 18.0 Å². The third-order valence-electron chi connectivity index (χ3n) is 8.73. The zero-order chi connectivity index (χ0) is 36.4. The summed E-state index contributed by atoms with van der Waals surface area (Å²) in [6.45, 7) is 7.51. The van der Waals surface area contributed by atoms with Gasteiger partial charge in [0.25, 0.3) is 5.91 Å². The Balaban J connectivity index is 1.01. The minimum atomic E-state index is -3.53. The Bertz CT molecular complexity index is 1780. The molecule has 0 unspecified atom stereocenters. The van der Waals surface area contributed by atoms with E-state index in [1.807, 2.05) is 12.1 Å². The maximum absolute atomic E-state index is 12.9. The van der Waals surface area contributed by atoms with Gasteiger partial charge in [0.1, 0.15) is 16.7 Å². The minimum Gasteiger partial charge on any atom is -0.484 e. The van der Waals surface area contributed by atoms with Gasteiger partial charge in [-0.1, -0.05) is 23.7 Å². The highest BCUT2D eigenvalue weighted by Crippen LogP contribution is 2.32. The number of hydrogen-bond acceptors (Lipinski definition) is 11. The number of likely N-dealkylation sites (tertiary alicyclic amines) is 1. The second-order valence-corrected chi connectivity index (χ2v) is 15.9. The van der Waals surface area contributed by atoms with Crippen molar-refractivity contribution in [3.8, 4) is 5.75 Å². The molecule has 1 aromatic heterocycles. The number of halogens is 2. The molecular weight excluding hydrogens is 717 g/mol. The van der Waals surface area contributed by atoms with Gasteiger partial charge in [-0.25, -0.2) is 13.4 Å². The second-order valence-electron chi connectivity index (χ2n) is 12.7. The van der Waals surface area contributed by atoms with E-state index in [2.05, 4.69) is 30.8 Å². The summed E-state index contributed by atoms with van der Waals surface area (Å²) >= 11 is 12.2. The number of para-hydroxylation sites is 1. The largest absolute Gasteiger partial charge is 0.484 e. The SMILES string of the molecule is CC(C)S(=O)(=O)c1ccccc1Nc1nc(N[C@@H]2CCCN(CCOCCNC(=O)COc3ccc4c(c3)CCCN4C(=O)CCl)C2)ncc1Cl. The molecule has 1 fully saturated rings. The molecule has 0 radical (unpaired) electrons. The van der Waals surface area contributed by atoms with Gasteiger partial charge >= 0.3 is 0 Å². The highest BCUT2D eigenvalue weighted by molar-refractivity contribution is 7.92. The van der Waals surface area contributed by atoms with Gasteiger partial charge in [0.15, 0.2) is 22.3 Å². The van der Waals surface area contributed by atoms with E-state index in [1.165, 1.54) is 6.20 Å². The van der Waals surface area contributed by atoms with Gasteiger partial charge < -0.3 is 30.3 Å². The molecule has 2 amide bonds. The van der Waals surface area contributed by atoms with Gasteiger partial charge in [0, 0.05) is 37.9 Å².